The first kappa shape index (κ1) is 20.7. The molecule has 1 fully saturated rings. The second-order valence-electron chi connectivity index (χ2n) is 7.77. The molecule has 0 N–H and O–H groups in total. The number of fused-ring (bicyclic) bond motifs is 1. The monoisotopic (exact) mass is 421 g/mol. The highest BCUT2D eigenvalue weighted by atomic mass is 32.2. The van der Waals surface area contributed by atoms with Crippen LogP contribution < -0.4 is 5.56 Å². The lowest BCUT2D eigenvalue weighted by Crippen LogP contribution is -2.44. The van der Waals surface area contributed by atoms with Gasteiger partial charge in [-0.3, -0.25) is 14.2 Å². The van der Waals surface area contributed by atoms with Gasteiger partial charge < -0.3 is 4.90 Å². The molecule has 2 heterocycles. The fourth-order valence-corrected chi connectivity index (χ4v) is 5.09. The van der Waals surface area contributed by atoms with Crippen molar-refractivity contribution < 1.29 is 4.79 Å². The Morgan fingerprint density at radius 2 is 1.90 bits per heavy atom. The summed E-state index contributed by atoms with van der Waals surface area (Å²) in [6.45, 7) is 4.95. The van der Waals surface area contributed by atoms with Crippen molar-refractivity contribution in [1.29, 1.82) is 0 Å². The smallest absolute Gasteiger partial charge is 0.266 e. The molecule has 3 aromatic rings. The zero-order valence-electron chi connectivity index (χ0n) is 17.5. The lowest BCUT2D eigenvalue weighted by Gasteiger charge is -2.35. The van der Waals surface area contributed by atoms with Crippen LogP contribution >= 0.6 is 11.8 Å². The topological polar surface area (TPSA) is 55.2 Å². The first-order valence-electron chi connectivity index (χ1n) is 10.6. The van der Waals surface area contributed by atoms with Crippen molar-refractivity contribution in [2.75, 3.05) is 12.3 Å². The summed E-state index contributed by atoms with van der Waals surface area (Å²) >= 11 is 1.35. The summed E-state index contributed by atoms with van der Waals surface area (Å²) in [7, 11) is 0. The van der Waals surface area contributed by atoms with E-state index in [1.165, 1.54) is 18.2 Å². The van der Waals surface area contributed by atoms with Crippen LogP contribution in [0.5, 0.6) is 0 Å². The second kappa shape index (κ2) is 9.04. The van der Waals surface area contributed by atoms with Gasteiger partial charge in [-0.15, -0.1) is 0 Å². The number of hydrogen-bond donors (Lipinski definition) is 0. The number of carbonyl (C=O) groups excluding carboxylic acids is 1. The molecule has 1 amide bonds. The van der Waals surface area contributed by atoms with E-state index in [-0.39, 0.29) is 17.2 Å². The zero-order valence-corrected chi connectivity index (χ0v) is 18.3. The molecular formula is C24H27N3O2S. The fourth-order valence-electron chi connectivity index (χ4n) is 4.20. The van der Waals surface area contributed by atoms with Gasteiger partial charge in [0.1, 0.15) is 0 Å². The van der Waals surface area contributed by atoms with Crippen LogP contribution in [0, 0.1) is 6.92 Å². The van der Waals surface area contributed by atoms with E-state index in [1.54, 1.807) is 10.6 Å². The van der Waals surface area contributed by atoms with E-state index in [0.717, 1.165) is 37.1 Å². The van der Waals surface area contributed by atoms with Crippen molar-refractivity contribution in [3.63, 3.8) is 0 Å². The van der Waals surface area contributed by atoms with Gasteiger partial charge in [-0.05, 0) is 56.4 Å². The molecule has 1 atom stereocenters. The molecule has 0 saturated carbocycles. The number of thioether (sulfide) groups is 1. The van der Waals surface area contributed by atoms with E-state index in [4.69, 9.17) is 4.98 Å². The first-order valence-corrected chi connectivity index (χ1v) is 11.6. The van der Waals surface area contributed by atoms with Gasteiger partial charge in [-0.25, -0.2) is 4.98 Å². The number of nitrogens with zero attached hydrogens (tertiary/aromatic N) is 3. The molecule has 1 saturated heterocycles. The van der Waals surface area contributed by atoms with E-state index in [1.807, 2.05) is 54.3 Å². The van der Waals surface area contributed by atoms with Gasteiger partial charge in [0, 0.05) is 12.6 Å². The largest absolute Gasteiger partial charge is 0.339 e. The van der Waals surface area contributed by atoms with E-state index in [2.05, 4.69) is 6.92 Å². The SMILES string of the molecule is CCC1CCCCN1C(=O)CSc1nc2ccccc2c(=O)n1-c1ccccc1C. The van der Waals surface area contributed by atoms with Crippen molar-refractivity contribution in [1.82, 2.24) is 14.5 Å². The van der Waals surface area contributed by atoms with E-state index in [0.29, 0.717) is 22.1 Å². The Balaban J connectivity index is 1.71. The van der Waals surface area contributed by atoms with Crippen LogP contribution in [0.15, 0.2) is 58.5 Å². The molecule has 30 heavy (non-hydrogen) atoms. The maximum absolute atomic E-state index is 13.4. The van der Waals surface area contributed by atoms with Crippen LogP contribution in [-0.4, -0.2) is 38.7 Å². The average molecular weight is 422 g/mol. The van der Waals surface area contributed by atoms with Crippen LogP contribution in [0.1, 0.15) is 38.2 Å². The van der Waals surface area contributed by atoms with Crippen LogP contribution in [0.25, 0.3) is 16.6 Å². The standard InChI is InChI=1S/C24H27N3O2S/c1-3-18-11-8-9-15-26(18)22(28)16-30-24-25-20-13-6-5-12-19(20)23(29)27(24)21-14-7-4-10-17(21)2/h4-7,10,12-14,18H,3,8-9,11,15-16H2,1-2H3. The minimum atomic E-state index is -0.103. The molecule has 0 radical (unpaired) electrons. The normalized spacial score (nSPS) is 16.7. The van der Waals surface area contributed by atoms with E-state index < -0.39 is 0 Å². The Morgan fingerprint density at radius 3 is 2.70 bits per heavy atom. The van der Waals surface area contributed by atoms with Crippen molar-refractivity contribution in [3.05, 3.63) is 64.4 Å². The molecule has 1 aliphatic rings. The highest BCUT2D eigenvalue weighted by Crippen LogP contribution is 2.25. The predicted octanol–water partition coefficient (Wildman–Crippen LogP) is 4.58. The van der Waals surface area contributed by atoms with Gasteiger partial charge in [-0.1, -0.05) is 49.0 Å². The molecule has 6 heteroatoms. The lowest BCUT2D eigenvalue weighted by molar-refractivity contribution is -0.132. The number of para-hydroxylation sites is 2. The summed E-state index contributed by atoms with van der Waals surface area (Å²) in [5.74, 6) is 0.415. The van der Waals surface area contributed by atoms with Crippen molar-refractivity contribution >= 4 is 28.6 Å². The average Bonchev–Trinajstić information content (AvgIpc) is 2.78. The first-order chi connectivity index (χ1) is 14.6. The summed E-state index contributed by atoms with van der Waals surface area (Å²) in [4.78, 5) is 33.1. The Kier molecular flexibility index (Phi) is 6.23. The third kappa shape index (κ3) is 4.01. The summed E-state index contributed by atoms with van der Waals surface area (Å²) in [6, 6.07) is 15.5. The highest BCUT2D eigenvalue weighted by molar-refractivity contribution is 7.99. The minimum Gasteiger partial charge on any atom is -0.339 e. The summed E-state index contributed by atoms with van der Waals surface area (Å²) in [5.41, 5.74) is 2.35. The number of carbonyl (C=O) groups is 1. The molecule has 1 aromatic heterocycles. The molecule has 5 nitrogen and oxygen atoms in total. The Bertz CT molecular complexity index is 1120. The fraction of sp³-hybridized carbons (Fsp3) is 0.375. The number of rotatable bonds is 5. The molecule has 2 aromatic carbocycles. The number of likely N-dealkylation sites (tertiary alicyclic amines) is 1. The van der Waals surface area contributed by atoms with Gasteiger partial charge in [0.15, 0.2) is 5.16 Å². The molecule has 1 unspecified atom stereocenters. The van der Waals surface area contributed by atoms with E-state index >= 15 is 0 Å². The van der Waals surface area contributed by atoms with Gasteiger partial charge in [0.05, 0.1) is 22.3 Å². The molecule has 4 rings (SSSR count). The number of piperidine rings is 1. The third-order valence-electron chi connectivity index (χ3n) is 5.84. The van der Waals surface area contributed by atoms with Crippen molar-refractivity contribution in [2.24, 2.45) is 0 Å². The summed E-state index contributed by atoms with van der Waals surface area (Å²) < 4.78 is 1.66. The molecule has 0 aliphatic carbocycles. The summed E-state index contributed by atoms with van der Waals surface area (Å²) in [5, 5.41) is 1.14. The second-order valence-corrected chi connectivity index (χ2v) is 8.71. The van der Waals surface area contributed by atoms with Gasteiger partial charge >= 0.3 is 0 Å². The quantitative estimate of drug-likeness (QED) is 0.447. The Hall–Kier alpha value is -2.60. The Morgan fingerprint density at radius 1 is 1.13 bits per heavy atom. The van der Waals surface area contributed by atoms with Gasteiger partial charge in [0.25, 0.3) is 5.56 Å². The number of hydrogen-bond acceptors (Lipinski definition) is 4. The number of amides is 1. The highest BCUT2D eigenvalue weighted by Gasteiger charge is 2.26. The molecular weight excluding hydrogens is 394 g/mol. The molecule has 0 bridgehead atoms. The Labute approximate surface area is 181 Å². The summed E-state index contributed by atoms with van der Waals surface area (Å²) in [6.07, 6.45) is 4.32. The third-order valence-corrected chi connectivity index (χ3v) is 6.77. The predicted molar refractivity (Wildman–Crippen MR) is 122 cm³/mol. The van der Waals surface area contributed by atoms with Crippen molar-refractivity contribution in [2.45, 2.75) is 50.7 Å². The van der Waals surface area contributed by atoms with Crippen LogP contribution in [-0.2, 0) is 4.79 Å². The number of aryl methyl sites for hydroxylation is 1. The minimum absolute atomic E-state index is 0.103. The number of benzene rings is 2. The molecule has 156 valence electrons. The lowest BCUT2D eigenvalue weighted by atomic mass is 10.0. The van der Waals surface area contributed by atoms with E-state index in [9.17, 15) is 9.59 Å². The van der Waals surface area contributed by atoms with Crippen LogP contribution in [0.3, 0.4) is 0 Å². The zero-order chi connectivity index (χ0) is 21.1. The molecule has 1 aliphatic heterocycles. The number of aromatic nitrogens is 2. The molecule has 0 spiro atoms. The van der Waals surface area contributed by atoms with Crippen LogP contribution in [0.2, 0.25) is 0 Å². The van der Waals surface area contributed by atoms with Crippen LogP contribution in [0.4, 0.5) is 0 Å². The van der Waals surface area contributed by atoms with Crippen molar-refractivity contribution in [3.8, 4) is 5.69 Å². The maximum Gasteiger partial charge on any atom is 0.266 e. The maximum atomic E-state index is 13.4. The van der Waals surface area contributed by atoms with Gasteiger partial charge in [-0.2, -0.15) is 0 Å². The van der Waals surface area contributed by atoms with Gasteiger partial charge in [0.2, 0.25) is 5.91 Å².